The predicted molar refractivity (Wildman–Crippen MR) is 107 cm³/mol. The molecule has 5 heteroatoms. The predicted octanol–water partition coefficient (Wildman–Crippen LogP) is 4.66. The molecule has 0 amide bonds. The molecule has 3 aromatic rings. The molecular formula is C21H24N2O2S. The van der Waals surface area contributed by atoms with E-state index in [-0.39, 0.29) is 5.78 Å². The molecule has 136 valence electrons. The standard InChI is InChI=1S/C21H24N2O2S/c1-15-13-18(16(2)23(15)11-6-12-25-3)20(24)14-26-21-9-10-22-19-8-5-4-7-17(19)21/h4-5,7-10,13H,6,11-12,14H2,1-3H3. The molecule has 0 fully saturated rings. The van der Waals surface area contributed by atoms with Crippen LogP contribution in [0.3, 0.4) is 0 Å². The Morgan fingerprint density at radius 2 is 2.04 bits per heavy atom. The van der Waals surface area contributed by atoms with E-state index in [1.165, 1.54) is 0 Å². The monoisotopic (exact) mass is 368 g/mol. The van der Waals surface area contributed by atoms with Gasteiger partial charge in [-0.05, 0) is 38.5 Å². The van der Waals surface area contributed by atoms with E-state index in [9.17, 15) is 4.79 Å². The van der Waals surface area contributed by atoms with Gasteiger partial charge in [-0.25, -0.2) is 0 Å². The summed E-state index contributed by atoms with van der Waals surface area (Å²) in [6, 6.07) is 12.0. The summed E-state index contributed by atoms with van der Waals surface area (Å²) in [5, 5.41) is 1.10. The zero-order valence-electron chi connectivity index (χ0n) is 15.5. The van der Waals surface area contributed by atoms with Crippen molar-refractivity contribution in [3.8, 4) is 0 Å². The van der Waals surface area contributed by atoms with Crippen molar-refractivity contribution in [3.05, 3.63) is 59.5 Å². The molecule has 4 nitrogen and oxygen atoms in total. The maximum Gasteiger partial charge on any atom is 0.174 e. The van der Waals surface area contributed by atoms with Crippen molar-refractivity contribution in [2.24, 2.45) is 0 Å². The van der Waals surface area contributed by atoms with Crippen LogP contribution in [0, 0.1) is 13.8 Å². The molecular weight excluding hydrogens is 344 g/mol. The van der Waals surface area contributed by atoms with E-state index in [0.29, 0.717) is 5.75 Å². The molecule has 0 bridgehead atoms. The fourth-order valence-corrected chi connectivity index (χ4v) is 4.14. The number of ether oxygens (including phenoxy) is 1. The number of hydrogen-bond donors (Lipinski definition) is 0. The lowest BCUT2D eigenvalue weighted by molar-refractivity contribution is 0.102. The number of carbonyl (C=O) groups is 1. The van der Waals surface area contributed by atoms with Gasteiger partial charge >= 0.3 is 0 Å². The lowest BCUT2D eigenvalue weighted by atomic mass is 10.2. The van der Waals surface area contributed by atoms with Gasteiger partial charge < -0.3 is 9.30 Å². The fourth-order valence-electron chi connectivity index (χ4n) is 3.21. The number of nitrogens with zero attached hydrogens (tertiary/aromatic N) is 2. The molecule has 0 saturated carbocycles. The lowest BCUT2D eigenvalue weighted by Gasteiger charge is -2.09. The lowest BCUT2D eigenvalue weighted by Crippen LogP contribution is -2.08. The second-order valence-electron chi connectivity index (χ2n) is 6.32. The normalized spacial score (nSPS) is 11.2. The molecule has 0 aliphatic heterocycles. The molecule has 0 aliphatic carbocycles. The summed E-state index contributed by atoms with van der Waals surface area (Å²) >= 11 is 1.58. The SMILES string of the molecule is COCCCn1c(C)cc(C(=O)CSc2ccnc3ccccc23)c1C. The maximum absolute atomic E-state index is 12.8. The third-order valence-electron chi connectivity index (χ3n) is 4.57. The van der Waals surface area contributed by atoms with Crippen LogP contribution >= 0.6 is 11.8 Å². The maximum atomic E-state index is 12.8. The molecule has 2 aromatic heterocycles. The molecule has 3 rings (SSSR count). The van der Waals surface area contributed by atoms with Gasteiger partial charge in [-0.15, -0.1) is 11.8 Å². The molecule has 0 spiro atoms. The van der Waals surface area contributed by atoms with Crippen molar-refractivity contribution in [3.63, 3.8) is 0 Å². The molecule has 1 aromatic carbocycles. The number of aryl methyl sites for hydroxylation is 1. The van der Waals surface area contributed by atoms with Gasteiger partial charge in [-0.3, -0.25) is 9.78 Å². The van der Waals surface area contributed by atoms with Crippen molar-refractivity contribution < 1.29 is 9.53 Å². The Hall–Kier alpha value is -2.11. The summed E-state index contributed by atoms with van der Waals surface area (Å²) in [6.07, 6.45) is 2.75. The third kappa shape index (κ3) is 4.00. The molecule has 2 heterocycles. The minimum absolute atomic E-state index is 0.169. The van der Waals surface area contributed by atoms with Gasteiger partial charge in [0, 0.05) is 53.7 Å². The number of fused-ring (bicyclic) bond motifs is 1. The highest BCUT2D eigenvalue weighted by atomic mass is 32.2. The number of carbonyl (C=O) groups excluding carboxylic acids is 1. The van der Waals surface area contributed by atoms with Crippen molar-refractivity contribution >= 4 is 28.4 Å². The smallest absolute Gasteiger partial charge is 0.174 e. The van der Waals surface area contributed by atoms with Crippen LogP contribution in [0.2, 0.25) is 0 Å². The molecule has 0 atom stereocenters. The quantitative estimate of drug-likeness (QED) is 0.329. The van der Waals surface area contributed by atoms with Gasteiger partial charge in [-0.2, -0.15) is 0 Å². The Morgan fingerprint density at radius 1 is 1.23 bits per heavy atom. The number of para-hydroxylation sites is 1. The molecule has 0 unspecified atom stereocenters. The van der Waals surface area contributed by atoms with Crippen LogP contribution in [0.4, 0.5) is 0 Å². The molecule has 26 heavy (non-hydrogen) atoms. The average Bonchev–Trinajstić information content (AvgIpc) is 2.94. The molecule has 0 aliphatic rings. The van der Waals surface area contributed by atoms with Crippen LogP contribution in [0.1, 0.15) is 28.2 Å². The van der Waals surface area contributed by atoms with Crippen LogP contribution in [0.15, 0.2) is 47.5 Å². The molecule has 0 radical (unpaired) electrons. The van der Waals surface area contributed by atoms with E-state index >= 15 is 0 Å². The second kappa shape index (κ2) is 8.52. The second-order valence-corrected chi connectivity index (χ2v) is 7.34. The summed E-state index contributed by atoms with van der Waals surface area (Å²) in [4.78, 5) is 18.3. The number of hydrogen-bond acceptors (Lipinski definition) is 4. The van der Waals surface area contributed by atoms with Gasteiger partial charge in [0.25, 0.3) is 0 Å². The van der Waals surface area contributed by atoms with Crippen LogP contribution in [0.25, 0.3) is 10.9 Å². The van der Waals surface area contributed by atoms with Crippen molar-refractivity contribution in [2.75, 3.05) is 19.5 Å². The molecule has 0 saturated heterocycles. The van der Waals surface area contributed by atoms with E-state index in [1.807, 2.05) is 37.3 Å². The number of pyridine rings is 1. The van der Waals surface area contributed by atoms with Gasteiger partial charge in [0.05, 0.1) is 11.3 Å². The Bertz CT molecular complexity index is 912. The highest BCUT2D eigenvalue weighted by Crippen LogP contribution is 2.28. The van der Waals surface area contributed by atoms with Crippen LogP contribution in [0.5, 0.6) is 0 Å². The largest absolute Gasteiger partial charge is 0.385 e. The van der Waals surface area contributed by atoms with Crippen LogP contribution < -0.4 is 0 Å². The number of aromatic nitrogens is 2. The van der Waals surface area contributed by atoms with Crippen LogP contribution in [-0.2, 0) is 11.3 Å². The van der Waals surface area contributed by atoms with Gasteiger partial charge in [-0.1, -0.05) is 18.2 Å². The van der Waals surface area contributed by atoms with Crippen molar-refractivity contribution in [1.82, 2.24) is 9.55 Å². The van der Waals surface area contributed by atoms with Gasteiger partial charge in [0.2, 0.25) is 0 Å². The number of benzene rings is 1. The number of thioether (sulfide) groups is 1. The Morgan fingerprint density at radius 3 is 2.85 bits per heavy atom. The average molecular weight is 369 g/mol. The fraction of sp³-hybridized carbons (Fsp3) is 0.333. The highest BCUT2D eigenvalue weighted by Gasteiger charge is 2.16. The Labute approximate surface area is 158 Å². The summed E-state index contributed by atoms with van der Waals surface area (Å²) in [6.45, 7) is 5.69. The van der Waals surface area contributed by atoms with E-state index in [2.05, 4.69) is 22.5 Å². The minimum Gasteiger partial charge on any atom is -0.385 e. The zero-order valence-corrected chi connectivity index (χ0v) is 16.3. The van der Waals surface area contributed by atoms with E-state index in [4.69, 9.17) is 4.74 Å². The van der Waals surface area contributed by atoms with Crippen LogP contribution in [-0.4, -0.2) is 34.8 Å². The number of ketones is 1. The Kier molecular flexibility index (Phi) is 6.12. The zero-order chi connectivity index (χ0) is 18.5. The summed E-state index contributed by atoms with van der Waals surface area (Å²) in [7, 11) is 1.71. The first-order valence-corrected chi connectivity index (χ1v) is 9.75. The topological polar surface area (TPSA) is 44.1 Å². The first-order valence-electron chi connectivity index (χ1n) is 8.77. The van der Waals surface area contributed by atoms with Gasteiger partial charge in [0.1, 0.15) is 0 Å². The third-order valence-corrected chi connectivity index (χ3v) is 5.65. The van der Waals surface area contributed by atoms with E-state index in [1.54, 1.807) is 25.1 Å². The van der Waals surface area contributed by atoms with E-state index < -0.39 is 0 Å². The Balaban J connectivity index is 1.73. The number of Topliss-reactive ketones (excluding diaryl/α,β-unsaturated/α-hetero) is 1. The molecule has 0 N–H and O–H groups in total. The number of methoxy groups -OCH3 is 1. The van der Waals surface area contributed by atoms with Gasteiger partial charge in [0.15, 0.2) is 5.78 Å². The first-order chi connectivity index (χ1) is 12.6. The summed E-state index contributed by atoms with van der Waals surface area (Å²) in [5.41, 5.74) is 3.96. The van der Waals surface area contributed by atoms with Crippen molar-refractivity contribution in [2.45, 2.75) is 31.7 Å². The summed E-state index contributed by atoms with van der Waals surface area (Å²) < 4.78 is 7.34. The minimum atomic E-state index is 0.169. The first kappa shape index (κ1) is 18.7. The summed E-state index contributed by atoms with van der Waals surface area (Å²) in [5.74, 6) is 0.595. The van der Waals surface area contributed by atoms with Crippen molar-refractivity contribution in [1.29, 1.82) is 0 Å². The highest BCUT2D eigenvalue weighted by molar-refractivity contribution is 8.00. The number of rotatable bonds is 8. The van der Waals surface area contributed by atoms with E-state index in [0.717, 1.165) is 52.3 Å².